The lowest BCUT2D eigenvalue weighted by Crippen LogP contribution is -2.33. The highest BCUT2D eigenvalue weighted by molar-refractivity contribution is 9.10. The first kappa shape index (κ1) is 24.3. The highest BCUT2D eigenvalue weighted by Gasteiger charge is 2.15. The van der Waals surface area contributed by atoms with Crippen molar-refractivity contribution in [2.75, 3.05) is 7.11 Å². The predicted octanol–water partition coefficient (Wildman–Crippen LogP) is 5.25. The molecule has 7 nitrogen and oxygen atoms in total. The molecule has 1 atom stereocenters. The summed E-state index contributed by atoms with van der Waals surface area (Å²) in [4.78, 5) is 24.8. The van der Waals surface area contributed by atoms with Crippen molar-refractivity contribution in [3.63, 3.8) is 0 Å². The lowest BCUT2D eigenvalue weighted by Gasteiger charge is -2.13. The second kappa shape index (κ2) is 11.5. The number of nitrogens with one attached hydrogen (secondary N) is 1. The Labute approximate surface area is 204 Å². The van der Waals surface area contributed by atoms with Crippen LogP contribution in [0.5, 0.6) is 17.2 Å². The Morgan fingerprint density at radius 3 is 2.36 bits per heavy atom. The lowest BCUT2D eigenvalue weighted by atomic mass is 10.2. The Bertz CT molecular complexity index is 1150. The molecule has 0 aliphatic heterocycles. The van der Waals surface area contributed by atoms with Crippen molar-refractivity contribution in [1.82, 2.24) is 5.43 Å². The van der Waals surface area contributed by atoms with Gasteiger partial charge in [0, 0.05) is 15.1 Å². The molecule has 0 saturated heterocycles. The molecule has 3 aromatic rings. The molecule has 33 heavy (non-hydrogen) atoms. The van der Waals surface area contributed by atoms with Gasteiger partial charge in [-0.15, -0.1) is 0 Å². The molecule has 0 aliphatic rings. The van der Waals surface area contributed by atoms with Crippen LogP contribution in [0.2, 0.25) is 5.02 Å². The fourth-order valence-corrected chi connectivity index (χ4v) is 3.13. The van der Waals surface area contributed by atoms with E-state index in [2.05, 4.69) is 26.5 Å². The third-order valence-electron chi connectivity index (χ3n) is 4.37. The zero-order chi connectivity index (χ0) is 23.8. The molecule has 0 radical (unpaired) electrons. The van der Waals surface area contributed by atoms with E-state index in [9.17, 15) is 9.59 Å². The SMILES string of the molecule is COc1ccc(C(=O)Oc2ccc(Br)cc2/C=N\NC(=O)[C@H](C)Oc2ccc(Cl)cc2)cc1. The number of esters is 1. The number of halogens is 2. The normalized spacial score (nSPS) is 11.6. The summed E-state index contributed by atoms with van der Waals surface area (Å²) in [7, 11) is 1.55. The summed E-state index contributed by atoms with van der Waals surface area (Å²) >= 11 is 9.22. The van der Waals surface area contributed by atoms with E-state index in [0.29, 0.717) is 27.6 Å². The van der Waals surface area contributed by atoms with E-state index in [0.717, 1.165) is 4.47 Å². The standard InChI is InChI=1S/C24H20BrClN2O5/c1-15(32-21-10-6-19(26)7-11-21)23(29)28-27-14-17-13-18(25)5-12-22(17)33-24(30)16-3-8-20(31-2)9-4-16/h3-15H,1-2H3,(H,28,29)/b27-14-/t15-/m0/s1. The first-order valence-corrected chi connectivity index (χ1v) is 10.9. The van der Waals surface area contributed by atoms with E-state index >= 15 is 0 Å². The molecule has 0 saturated carbocycles. The van der Waals surface area contributed by atoms with Crippen LogP contribution in [0.1, 0.15) is 22.8 Å². The number of methoxy groups -OCH3 is 1. The minimum absolute atomic E-state index is 0.280. The fourth-order valence-electron chi connectivity index (χ4n) is 2.63. The topological polar surface area (TPSA) is 86.2 Å². The van der Waals surface area contributed by atoms with Gasteiger partial charge >= 0.3 is 5.97 Å². The number of carbonyl (C=O) groups is 2. The van der Waals surface area contributed by atoms with E-state index in [4.69, 9.17) is 25.8 Å². The molecule has 0 bridgehead atoms. The maximum Gasteiger partial charge on any atom is 0.343 e. The third kappa shape index (κ3) is 7.06. The second-order valence-corrected chi connectivity index (χ2v) is 8.10. The van der Waals surface area contributed by atoms with Gasteiger partial charge in [0.05, 0.1) is 18.9 Å². The molecule has 1 amide bonds. The number of benzene rings is 3. The van der Waals surface area contributed by atoms with E-state index in [1.54, 1.807) is 80.8 Å². The highest BCUT2D eigenvalue weighted by atomic mass is 79.9. The largest absolute Gasteiger partial charge is 0.497 e. The molecule has 0 fully saturated rings. The van der Waals surface area contributed by atoms with Crippen LogP contribution in [0.15, 0.2) is 76.3 Å². The summed E-state index contributed by atoms with van der Waals surface area (Å²) in [6.45, 7) is 1.60. The van der Waals surface area contributed by atoms with Gasteiger partial charge < -0.3 is 14.2 Å². The van der Waals surface area contributed by atoms with Gasteiger partial charge in [-0.3, -0.25) is 4.79 Å². The number of hydrogen-bond donors (Lipinski definition) is 1. The molecule has 9 heteroatoms. The average molecular weight is 532 g/mol. The summed E-state index contributed by atoms with van der Waals surface area (Å²) in [5.41, 5.74) is 3.26. The number of carbonyl (C=O) groups excluding carboxylic acids is 2. The Balaban J connectivity index is 1.64. The quantitative estimate of drug-likeness (QED) is 0.186. The average Bonchev–Trinajstić information content (AvgIpc) is 2.82. The number of hydrazone groups is 1. The number of ether oxygens (including phenoxy) is 3. The Kier molecular flexibility index (Phi) is 8.46. The van der Waals surface area contributed by atoms with Crippen LogP contribution in [0.4, 0.5) is 0 Å². The van der Waals surface area contributed by atoms with Crippen LogP contribution in [-0.4, -0.2) is 31.3 Å². The van der Waals surface area contributed by atoms with Crippen LogP contribution in [0.25, 0.3) is 0 Å². The maximum atomic E-state index is 12.5. The minimum Gasteiger partial charge on any atom is -0.497 e. The molecule has 3 aromatic carbocycles. The molecule has 0 spiro atoms. The van der Waals surface area contributed by atoms with Crippen molar-refractivity contribution in [3.8, 4) is 17.2 Å². The monoisotopic (exact) mass is 530 g/mol. The van der Waals surface area contributed by atoms with E-state index < -0.39 is 18.0 Å². The first-order chi connectivity index (χ1) is 15.9. The van der Waals surface area contributed by atoms with E-state index in [1.165, 1.54) is 6.21 Å². The molecular weight excluding hydrogens is 512 g/mol. The summed E-state index contributed by atoms with van der Waals surface area (Å²) in [6.07, 6.45) is 0.590. The van der Waals surface area contributed by atoms with Gasteiger partial charge in [-0.05, 0) is 73.7 Å². The van der Waals surface area contributed by atoms with Crippen molar-refractivity contribution in [2.24, 2.45) is 5.10 Å². The molecule has 170 valence electrons. The van der Waals surface area contributed by atoms with Crippen LogP contribution >= 0.6 is 27.5 Å². The van der Waals surface area contributed by atoms with Gasteiger partial charge in [-0.25, -0.2) is 10.2 Å². The lowest BCUT2D eigenvalue weighted by molar-refractivity contribution is -0.127. The minimum atomic E-state index is -0.793. The molecule has 0 aromatic heterocycles. The molecule has 1 N–H and O–H groups in total. The van der Waals surface area contributed by atoms with Crippen molar-refractivity contribution in [1.29, 1.82) is 0 Å². The molecule has 0 unspecified atom stereocenters. The summed E-state index contributed by atoms with van der Waals surface area (Å²) in [5.74, 6) is 0.429. The van der Waals surface area contributed by atoms with Crippen molar-refractivity contribution < 1.29 is 23.8 Å². The van der Waals surface area contributed by atoms with Crippen LogP contribution in [0, 0.1) is 0 Å². The van der Waals surface area contributed by atoms with Crippen molar-refractivity contribution in [3.05, 3.63) is 87.4 Å². The Morgan fingerprint density at radius 1 is 1.03 bits per heavy atom. The van der Waals surface area contributed by atoms with Gasteiger partial charge in [0.2, 0.25) is 0 Å². The number of rotatable bonds is 8. The Morgan fingerprint density at radius 2 is 1.70 bits per heavy atom. The van der Waals surface area contributed by atoms with Gasteiger partial charge in [0.25, 0.3) is 5.91 Å². The number of hydrogen-bond acceptors (Lipinski definition) is 6. The van der Waals surface area contributed by atoms with Crippen molar-refractivity contribution in [2.45, 2.75) is 13.0 Å². The first-order valence-electron chi connectivity index (χ1n) is 9.76. The second-order valence-electron chi connectivity index (χ2n) is 6.75. The molecular formula is C24H20BrClN2O5. The fraction of sp³-hybridized carbons (Fsp3) is 0.125. The Hall–Kier alpha value is -3.36. The molecule has 0 aliphatic carbocycles. The molecule has 3 rings (SSSR count). The predicted molar refractivity (Wildman–Crippen MR) is 129 cm³/mol. The van der Waals surface area contributed by atoms with Crippen LogP contribution in [-0.2, 0) is 4.79 Å². The third-order valence-corrected chi connectivity index (χ3v) is 5.12. The van der Waals surface area contributed by atoms with Gasteiger partial charge in [-0.2, -0.15) is 5.10 Å². The zero-order valence-corrected chi connectivity index (χ0v) is 20.1. The van der Waals surface area contributed by atoms with Crippen molar-refractivity contribution >= 4 is 45.6 Å². The van der Waals surface area contributed by atoms with Crippen LogP contribution in [0.3, 0.4) is 0 Å². The van der Waals surface area contributed by atoms with Gasteiger partial charge in [0.1, 0.15) is 17.2 Å². The summed E-state index contributed by atoms with van der Waals surface area (Å²) < 4.78 is 16.9. The molecule has 0 heterocycles. The summed E-state index contributed by atoms with van der Waals surface area (Å²) in [6, 6.07) is 18.3. The summed E-state index contributed by atoms with van der Waals surface area (Å²) in [5, 5.41) is 4.54. The zero-order valence-electron chi connectivity index (χ0n) is 17.7. The maximum absolute atomic E-state index is 12.5. The smallest absolute Gasteiger partial charge is 0.343 e. The van der Waals surface area contributed by atoms with E-state index in [1.807, 2.05) is 0 Å². The van der Waals surface area contributed by atoms with Gasteiger partial charge in [0.15, 0.2) is 6.10 Å². The number of nitrogens with zero attached hydrogens (tertiary/aromatic N) is 1. The van der Waals surface area contributed by atoms with E-state index in [-0.39, 0.29) is 5.75 Å². The highest BCUT2D eigenvalue weighted by Crippen LogP contribution is 2.23. The van der Waals surface area contributed by atoms with Gasteiger partial charge in [-0.1, -0.05) is 27.5 Å². The number of amides is 1. The van der Waals surface area contributed by atoms with Crippen LogP contribution < -0.4 is 19.6 Å².